The second kappa shape index (κ2) is 8.62. The Morgan fingerprint density at radius 2 is 1.47 bits per heavy atom. The molecule has 1 aliphatic carbocycles. The molecule has 1 aliphatic heterocycles. The lowest BCUT2D eigenvalue weighted by Crippen LogP contribution is -2.49. The fourth-order valence-corrected chi connectivity index (χ4v) is 4.30. The summed E-state index contributed by atoms with van der Waals surface area (Å²) in [6.45, 7) is -3.31. The van der Waals surface area contributed by atoms with E-state index in [1.54, 1.807) is 0 Å². The molecule has 2 aliphatic rings. The third-order valence-electron chi connectivity index (χ3n) is 5.94. The molecule has 1 heterocycles. The molecule has 34 heavy (non-hydrogen) atoms. The zero-order valence-electron chi connectivity index (χ0n) is 17.6. The minimum atomic E-state index is -4.46. The second-order valence-corrected chi connectivity index (χ2v) is 8.22. The number of alkyl carbamates (subject to hydrolysis) is 1. The minimum absolute atomic E-state index is 0.145. The van der Waals surface area contributed by atoms with Gasteiger partial charge in [0.15, 0.2) is 0 Å². The van der Waals surface area contributed by atoms with Gasteiger partial charge in [0.05, 0.1) is 19.5 Å². The number of benzene rings is 2. The number of nitrogens with one attached hydrogen (secondary N) is 1. The number of hydrogen-bond donors (Lipinski definition) is 2. The third kappa shape index (κ3) is 4.29. The van der Waals surface area contributed by atoms with E-state index in [1.165, 1.54) is 0 Å². The Kier molecular flexibility index (Phi) is 5.96. The van der Waals surface area contributed by atoms with Crippen molar-refractivity contribution in [1.29, 1.82) is 0 Å². The Bertz CT molecular complexity index is 1080. The number of amides is 2. The number of fused-ring (bicyclic) bond motifs is 3. The van der Waals surface area contributed by atoms with Gasteiger partial charge in [-0.15, -0.1) is 0 Å². The lowest BCUT2D eigenvalue weighted by Gasteiger charge is -2.23. The van der Waals surface area contributed by atoms with Gasteiger partial charge in [-0.2, -0.15) is 17.6 Å². The van der Waals surface area contributed by atoms with Crippen LogP contribution in [0, 0.1) is 0 Å². The summed E-state index contributed by atoms with van der Waals surface area (Å²) in [5.74, 6) is -12.1. The normalized spacial score (nSPS) is 18.6. The van der Waals surface area contributed by atoms with Gasteiger partial charge in [-0.3, -0.25) is 9.59 Å². The van der Waals surface area contributed by atoms with E-state index in [0.717, 1.165) is 22.3 Å². The minimum Gasteiger partial charge on any atom is -0.481 e. The highest BCUT2D eigenvalue weighted by Gasteiger charge is 2.64. The number of carboxylic acid groups (broad SMARTS) is 1. The van der Waals surface area contributed by atoms with Crippen molar-refractivity contribution in [3.8, 4) is 11.1 Å². The van der Waals surface area contributed by atoms with Crippen LogP contribution < -0.4 is 5.32 Å². The molecule has 2 aromatic rings. The SMILES string of the molecule is O=C(O)C[C@H](NC(=O)OCC1c2ccccc2-c2ccccc21)C(=O)N1CC(F)(F)C(F)(F)C1. The van der Waals surface area contributed by atoms with Gasteiger partial charge < -0.3 is 20.1 Å². The number of alkyl halides is 4. The molecule has 0 bridgehead atoms. The summed E-state index contributed by atoms with van der Waals surface area (Å²) in [4.78, 5) is 36.2. The number of likely N-dealkylation sites (tertiary alicyclic amines) is 1. The summed E-state index contributed by atoms with van der Waals surface area (Å²) >= 11 is 0. The first-order valence-corrected chi connectivity index (χ1v) is 10.4. The summed E-state index contributed by atoms with van der Waals surface area (Å²) in [5, 5.41) is 11.1. The van der Waals surface area contributed by atoms with Crippen LogP contribution in [0.5, 0.6) is 0 Å². The first-order chi connectivity index (χ1) is 16.0. The molecule has 0 aromatic heterocycles. The van der Waals surface area contributed by atoms with Crippen LogP contribution in [-0.4, -0.2) is 65.6 Å². The molecule has 1 atom stereocenters. The van der Waals surface area contributed by atoms with Gasteiger partial charge in [-0.25, -0.2) is 4.79 Å². The smallest absolute Gasteiger partial charge is 0.407 e. The maximum absolute atomic E-state index is 13.5. The molecule has 11 heteroatoms. The van der Waals surface area contributed by atoms with Gasteiger partial charge in [-0.05, 0) is 22.3 Å². The lowest BCUT2D eigenvalue weighted by molar-refractivity contribution is -0.172. The first kappa shape index (κ1) is 23.5. The molecule has 1 saturated heterocycles. The van der Waals surface area contributed by atoms with E-state index in [-0.39, 0.29) is 17.4 Å². The number of halogens is 4. The molecule has 4 rings (SSSR count). The predicted octanol–water partition coefficient (Wildman–Crippen LogP) is 3.48. The number of aliphatic carboxylic acids is 1. The average molecular weight is 480 g/mol. The molecule has 180 valence electrons. The van der Waals surface area contributed by atoms with E-state index < -0.39 is 55.4 Å². The summed E-state index contributed by atoms with van der Waals surface area (Å²) < 4.78 is 59.2. The van der Waals surface area contributed by atoms with Gasteiger partial charge in [0.2, 0.25) is 5.91 Å². The van der Waals surface area contributed by atoms with E-state index in [9.17, 15) is 31.9 Å². The average Bonchev–Trinajstić information content (AvgIpc) is 3.20. The van der Waals surface area contributed by atoms with E-state index in [4.69, 9.17) is 9.84 Å². The van der Waals surface area contributed by atoms with Crippen LogP contribution in [0.3, 0.4) is 0 Å². The van der Waals surface area contributed by atoms with Crippen LogP contribution in [-0.2, 0) is 14.3 Å². The van der Waals surface area contributed by atoms with E-state index in [2.05, 4.69) is 0 Å². The van der Waals surface area contributed by atoms with Crippen LogP contribution in [0.4, 0.5) is 22.4 Å². The lowest BCUT2D eigenvalue weighted by atomic mass is 9.98. The summed E-state index contributed by atoms with van der Waals surface area (Å²) in [7, 11) is 0. The number of carboxylic acids is 1. The molecule has 2 aromatic carbocycles. The Labute approximate surface area is 191 Å². The van der Waals surface area contributed by atoms with Crippen molar-refractivity contribution in [2.75, 3.05) is 19.7 Å². The molecule has 7 nitrogen and oxygen atoms in total. The topological polar surface area (TPSA) is 95.9 Å². The van der Waals surface area contributed by atoms with Crippen molar-refractivity contribution in [2.24, 2.45) is 0 Å². The number of ether oxygens (including phenoxy) is 1. The Hall–Kier alpha value is -3.63. The van der Waals surface area contributed by atoms with Crippen molar-refractivity contribution >= 4 is 18.0 Å². The third-order valence-corrected chi connectivity index (χ3v) is 5.94. The molecular weight excluding hydrogens is 460 g/mol. The monoisotopic (exact) mass is 480 g/mol. The molecule has 0 spiro atoms. The fraction of sp³-hybridized carbons (Fsp3) is 0.348. The fourth-order valence-electron chi connectivity index (χ4n) is 4.30. The van der Waals surface area contributed by atoms with Crippen LogP contribution in [0.2, 0.25) is 0 Å². The number of rotatable bonds is 6. The molecule has 0 unspecified atom stereocenters. The zero-order chi connectivity index (χ0) is 24.7. The zero-order valence-corrected chi connectivity index (χ0v) is 17.6. The molecular formula is C23H20F4N2O5. The van der Waals surface area contributed by atoms with Crippen LogP contribution in [0.15, 0.2) is 48.5 Å². The standard InChI is InChI=1S/C23H20F4N2O5/c24-22(25)11-29(12-23(22,26)27)20(32)18(9-19(30)31)28-21(33)34-10-17-15-7-3-1-5-13(15)14-6-2-4-8-16(14)17/h1-8,17-18H,9-12H2,(H,28,33)(H,30,31)/t18-/m0/s1. The maximum atomic E-state index is 13.5. The highest BCUT2D eigenvalue weighted by atomic mass is 19.3. The molecule has 2 amide bonds. The summed E-state index contributed by atoms with van der Waals surface area (Å²) in [5.41, 5.74) is 3.77. The van der Waals surface area contributed by atoms with Crippen molar-refractivity contribution in [3.63, 3.8) is 0 Å². The molecule has 1 fully saturated rings. The van der Waals surface area contributed by atoms with Crippen molar-refractivity contribution < 1.29 is 41.8 Å². The van der Waals surface area contributed by atoms with Crippen molar-refractivity contribution in [1.82, 2.24) is 10.2 Å². The largest absolute Gasteiger partial charge is 0.481 e. The molecule has 0 saturated carbocycles. The van der Waals surface area contributed by atoms with Crippen LogP contribution in [0.25, 0.3) is 11.1 Å². The maximum Gasteiger partial charge on any atom is 0.407 e. The predicted molar refractivity (Wildman–Crippen MR) is 111 cm³/mol. The van der Waals surface area contributed by atoms with Gasteiger partial charge in [-0.1, -0.05) is 48.5 Å². The number of carbonyl (C=O) groups excluding carboxylic acids is 2. The Morgan fingerprint density at radius 3 is 1.97 bits per heavy atom. The van der Waals surface area contributed by atoms with E-state index >= 15 is 0 Å². The first-order valence-electron chi connectivity index (χ1n) is 10.4. The summed E-state index contributed by atoms with van der Waals surface area (Å²) in [6, 6.07) is 13.2. The van der Waals surface area contributed by atoms with Gasteiger partial charge in [0, 0.05) is 5.92 Å². The summed E-state index contributed by atoms with van der Waals surface area (Å²) in [6.07, 6.45) is -2.16. The Balaban J connectivity index is 1.44. The van der Waals surface area contributed by atoms with Crippen LogP contribution >= 0.6 is 0 Å². The van der Waals surface area contributed by atoms with Crippen molar-refractivity contribution in [3.05, 3.63) is 59.7 Å². The molecule has 0 radical (unpaired) electrons. The number of nitrogens with zero attached hydrogens (tertiary/aromatic N) is 1. The van der Waals surface area contributed by atoms with E-state index in [0.29, 0.717) is 0 Å². The quantitative estimate of drug-likeness (QED) is 0.618. The number of hydrogen-bond acceptors (Lipinski definition) is 4. The second-order valence-electron chi connectivity index (χ2n) is 8.22. The number of carbonyl (C=O) groups is 3. The van der Waals surface area contributed by atoms with E-state index in [1.807, 2.05) is 53.8 Å². The highest BCUT2D eigenvalue weighted by Crippen LogP contribution is 2.44. The van der Waals surface area contributed by atoms with Crippen LogP contribution in [0.1, 0.15) is 23.5 Å². The van der Waals surface area contributed by atoms with Crippen molar-refractivity contribution in [2.45, 2.75) is 30.2 Å². The Morgan fingerprint density at radius 1 is 0.971 bits per heavy atom. The van der Waals surface area contributed by atoms with Gasteiger partial charge in [0.1, 0.15) is 12.6 Å². The molecule has 2 N–H and O–H groups in total. The van der Waals surface area contributed by atoms with Gasteiger partial charge in [0.25, 0.3) is 0 Å². The van der Waals surface area contributed by atoms with Gasteiger partial charge >= 0.3 is 23.9 Å². The highest BCUT2D eigenvalue weighted by molar-refractivity contribution is 5.89.